The maximum absolute atomic E-state index is 14.2. The van der Waals surface area contributed by atoms with Gasteiger partial charge in [0.25, 0.3) is 0 Å². The van der Waals surface area contributed by atoms with E-state index in [4.69, 9.17) is 118 Å². The van der Waals surface area contributed by atoms with Gasteiger partial charge in [-0.1, -0.05) is 361 Å². The van der Waals surface area contributed by atoms with Crippen molar-refractivity contribution < 1.29 is 98.3 Å². The van der Waals surface area contributed by atoms with Gasteiger partial charge < -0.3 is 62.0 Å². The van der Waals surface area contributed by atoms with Crippen molar-refractivity contribution in [2.24, 2.45) is 88.8 Å². The van der Waals surface area contributed by atoms with E-state index in [-0.39, 0.29) is 77.9 Å². The van der Waals surface area contributed by atoms with Gasteiger partial charge in [-0.25, -0.2) is 13.2 Å². The van der Waals surface area contributed by atoms with Gasteiger partial charge in [0.1, 0.15) is 17.5 Å². The average molecular weight is 2260 g/mol. The normalized spacial score (nSPS) is 24.1. The topological polar surface area (TPSA) is 70.5 Å². The summed E-state index contributed by atoms with van der Waals surface area (Å²) in [5.74, 6) is 8.80. The number of aryl methyl sites for hydroxylation is 5. The Labute approximate surface area is 887 Å². The first kappa shape index (κ1) is 132. The second-order valence-corrected chi connectivity index (χ2v) is 74.9. The summed E-state index contributed by atoms with van der Waals surface area (Å²) in [6, 6.07) is 37.8. The number of halogens is 13. The molecule has 0 amide bonds. The minimum absolute atomic E-state index is 0. The van der Waals surface area contributed by atoms with E-state index in [2.05, 4.69) is 295 Å². The molecular formula is C103H156Cl10F3N5Si5Ti5-10. The Bertz CT molecular complexity index is 4300. The van der Waals surface area contributed by atoms with Crippen molar-refractivity contribution >= 4 is 157 Å². The van der Waals surface area contributed by atoms with E-state index in [1.165, 1.54) is 88.0 Å². The summed E-state index contributed by atoms with van der Waals surface area (Å²) < 4.78 is 42.3. The molecule has 5 nitrogen and oxygen atoms in total. The van der Waals surface area contributed by atoms with Crippen LogP contribution in [0.4, 0.5) is 35.9 Å². The molecule has 0 N–H and O–H groups in total. The zero-order valence-electron chi connectivity index (χ0n) is 84.0. The van der Waals surface area contributed by atoms with Crippen LogP contribution < -0.4 is 0 Å². The van der Waals surface area contributed by atoms with Gasteiger partial charge in [0, 0.05) is 17.8 Å². The molecule has 0 saturated heterocycles. The summed E-state index contributed by atoms with van der Waals surface area (Å²) in [5.41, 5.74) is 18.7. The molecule has 0 spiro atoms. The molecule has 15 atom stereocenters. The standard InChI is InChI=1S/C21H29FNSi.C20H27FNSi.2C20H28NSi.C17H29FNSi.5CH3.10ClH.5Ti/c1-14-8-15(2)10-18(9-14)23-24(4,5)13-17-6-7-21(22)20-12-16(3)11-19(17)20;1-14-5-8-17(9-6-14)22-23(3,4)13-16-7-10-20(21)19-12-15(2)11-18(16)19;1-15-12-17-9-7-10-18(19(17)13-15)14-22(3,4)21-20-11-6-5-8-16(20)2;1-15-8-10-19(11-9-15)21-22(3,4)14-18-7-5-6-17-12-16(2)13-20(17)18;1-12-9-14-13(7-8-16(18)15(14)10-12)11-20(5,6)19-17(2,3)4;;;;;;;;;;;;;;;;;;;;/h6-10,16,19-20H,11-13H2,1-5H3;5-10,15,18-19H,11-13H2,1-4H3;5-11,15,17,19H,12-14H2,1-4H3;5-11,16-17,20H,12-14H2,1-4H3;7-8,12,14-15H,9-11H2,1-6H3;5*1H3;10*1H;;;;;/q10*-1;;;;;;;;;;;5*+2/p-10. The Balaban J connectivity index is 0.00000154. The van der Waals surface area contributed by atoms with Crippen molar-refractivity contribution in [3.05, 3.63) is 299 Å². The fourth-order valence-electron chi connectivity index (χ4n) is 21.0. The minimum atomic E-state index is -1.78. The van der Waals surface area contributed by atoms with Crippen LogP contribution in [-0.4, -0.2) is 46.7 Å². The average Bonchev–Trinajstić information content (AvgIpc) is 1.68. The molecule has 10 aliphatic carbocycles. The number of hydrogen-bond acceptors (Lipinski definition) is 0. The van der Waals surface area contributed by atoms with Crippen LogP contribution in [0.3, 0.4) is 0 Å². The number of nitrogens with zero attached hydrogens (tertiary/aromatic N) is 5. The summed E-state index contributed by atoms with van der Waals surface area (Å²) in [7, 11) is 40.5. The molecule has 734 valence electrons. The van der Waals surface area contributed by atoms with Gasteiger partial charge in [-0.05, 0) is 221 Å². The van der Waals surface area contributed by atoms with Crippen LogP contribution >= 0.6 is 93.0 Å². The Kier molecular flexibility index (Phi) is 64.9. The molecule has 28 heteroatoms. The summed E-state index contributed by atoms with van der Waals surface area (Å²) in [6.07, 6.45) is 37.5. The van der Waals surface area contributed by atoms with Crippen LogP contribution in [0.5, 0.6) is 0 Å². The van der Waals surface area contributed by atoms with Gasteiger partial charge >= 0.3 is 178 Å². The molecule has 131 heavy (non-hydrogen) atoms. The van der Waals surface area contributed by atoms with E-state index in [0.717, 1.165) is 109 Å². The van der Waals surface area contributed by atoms with E-state index in [1.807, 2.05) is 6.08 Å². The van der Waals surface area contributed by atoms with Gasteiger partial charge in [-0.2, -0.15) is 0 Å². The van der Waals surface area contributed by atoms with Gasteiger partial charge in [0.2, 0.25) is 0 Å². The summed E-state index contributed by atoms with van der Waals surface area (Å²) >= 11 is -2.78. The second kappa shape index (κ2) is 64.5. The zero-order chi connectivity index (χ0) is 94.2. The molecular weight excluding hydrogens is 2100 g/mol. The first-order valence-corrected chi connectivity index (χ1v) is 82.0. The van der Waals surface area contributed by atoms with Crippen molar-refractivity contribution in [3.8, 4) is 0 Å². The van der Waals surface area contributed by atoms with E-state index in [0.29, 0.717) is 35.5 Å². The van der Waals surface area contributed by atoms with E-state index in [9.17, 15) is 13.2 Å². The SMILES string of the molecule is CC1CC2C(F)=CC=C(C[Si](C)(C)[N-]C(C)(C)C)C2C1.Cc1cc(C)cc([N-][Si](C)(C)CC2=CC=C(F)C3CC(C)CC23)c1.Cc1ccc([N-][Si](C)(C)CC2=CC=C(F)C3CC(C)CC23)cc1.Cc1ccc([N-][Si](C)(C)CC2=CC=CC3CC(C)CC23)cc1.Cc1ccccc1[N-][Si](C)(C)CC1=CC=CC2CC(C)CC12.[CH3-].[CH3-].[CH3-].[CH3-].[CH3-].[Cl][Ti][Cl].[Cl][Ti][Cl].[Cl][Ti][Cl].[Cl][Ti][Cl].[Cl][Ti][Cl]. The molecule has 4 aromatic rings. The Hall–Kier alpha value is 0.786. The van der Waals surface area contributed by atoms with Gasteiger partial charge in [-0.15, -0.1) is 28.3 Å². The Morgan fingerprint density at radius 3 is 0.878 bits per heavy atom. The molecule has 5 fully saturated rings. The quantitative estimate of drug-likeness (QED) is 0.0663. The predicted molar refractivity (Wildman–Crippen MR) is 580 cm³/mol. The number of rotatable bonds is 19. The van der Waals surface area contributed by atoms with Crippen LogP contribution in [0, 0.1) is 161 Å². The summed E-state index contributed by atoms with van der Waals surface area (Å²) in [4.78, 5) is 25.6. The van der Waals surface area contributed by atoms with Crippen molar-refractivity contribution in [2.75, 3.05) is 0 Å². The van der Waals surface area contributed by atoms with Crippen molar-refractivity contribution in [1.82, 2.24) is 0 Å². The molecule has 15 unspecified atom stereocenters. The molecule has 4 aromatic carbocycles. The second-order valence-electron chi connectivity index (χ2n) is 41.0. The Morgan fingerprint density at radius 2 is 0.573 bits per heavy atom. The summed E-state index contributed by atoms with van der Waals surface area (Å²) in [5, 5.41) is 0. The molecule has 10 aliphatic rings. The number of fused-ring (bicyclic) bond motifs is 5. The molecule has 0 radical (unpaired) electrons. The fourth-order valence-corrected chi connectivity index (χ4v) is 33.6. The van der Waals surface area contributed by atoms with Crippen molar-refractivity contribution in [3.63, 3.8) is 0 Å². The van der Waals surface area contributed by atoms with E-state index in [1.54, 1.807) is 29.4 Å². The molecule has 0 bridgehead atoms. The first-order chi connectivity index (χ1) is 59.1. The van der Waals surface area contributed by atoms with Gasteiger partial charge in [-0.3, -0.25) is 0 Å². The van der Waals surface area contributed by atoms with Crippen LogP contribution in [-0.2, 0) is 85.2 Å². The zero-order valence-corrected chi connectivity index (χ0v) is 104. The molecule has 14 rings (SSSR count). The molecule has 0 heterocycles. The first-order valence-electron chi connectivity index (χ1n) is 44.8. The molecule has 0 aromatic heterocycles. The number of hydrogen-bond donors (Lipinski definition) is 0. The van der Waals surface area contributed by atoms with Crippen molar-refractivity contribution in [2.45, 2.75) is 255 Å². The van der Waals surface area contributed by atoms with Gasteiger partial charge in [0.15, 0.2) is 0 Å². The third kappa shape index (κ3) is 47.5. The molecule has 0 aliphatic heterocycles. The third-order valence-electron chi connectivity index (χ3n) is 25.2. The van der Waals surface area contributed by atoms with Gasteiger partial charge in [0.05, 0.1) is 0 Å². The fraction of sp³-hybridized carbons (Fsp3) is 0.524. The third-order valence-corrected chi connectivity index (χ3v) is 36.3. The van der Waals surface area contributed by atoms with Crippen LogP contribution in [0.15, 0.2) is 209 Å². The van der Waals surface area contributed by atoms with Crippen LogP contribution in [0.25, 0.3) is 24.9 Å². The van der Waals surface area contributed by atoms with E-state index >= 15 is 0 Å². The monoisotopic (exact) mass is 2250 g/mol. The maximum atomic E-state index is 14.2. The number of benzene rings is 4. The molecule has 5 saturated carbocycles. The van der Waals surface area contributed by atoms with Crippen molar-refractivity contribution in [1.29, 1.82) is 0 Å². The van der Waals surface area contributed by atoms with Crippen LogP contribution in [0.2, 0.25) is 95.7 Å². The predicted octanol–water partition coefficient (Wildman–Crippen LogP) is 41.3. The summed E-state index contributed by atoms with van der Waals surface area (Å²) in [6.45, 7) is 52.3. The Morgan fingerprint density at radius 1 is 0.313 bits per heavy atom. The van der Waals surface area contributed by atoms with Crippen LogP contribution in [0.1, 0.15) is 147 Å². The van der Waals surface area contributed by atoms with E-state index < -0.39 is 126 Å². The number of allylic oxidation sites excluding steroid dienone is 20.